The van der Waals surface area contributed by atoms with Crippen molar-refractivity contribution in [3.8, 4) is 0 Å². The van der Waals surface area contributed by atoms with E-state index in [0.29, 0.717) is 31.1 Å². The van der Waals surface area contributed by atoms with Gasteiger partial charge in [-0.2, -0.15) is 4.31 Å². The summed E-state index contributed by atoms with van der Waals surface area (Å²) in [7, 11) is -3.75. The molecule has 2 saturated heterocycles. The van der Waals surface area contributed by atoms with Crippen molar-refractivity contribution >= 4 is 21.8 Å². The average Bonchev–Trinajstić information content (AvgIpc) is 3.02. The summed E-state index contributed by atoms with van der Waals surface area (Å²) in [6.07, 6.45) is 0.881. The zero-order valence-electron chi connectivity index (χ0n) is 14.7. The monoisotopic (exact) mass is 380 g/mol. The first-order chi connectivity index (χ1) is 12.3. The van der Waals surface area contributed by atoms with E-state index in [2.05, 4.69) is 5.32 Å². The molecule has 0 aromatic heterocycles. The summed E-state index contributed by atoms with van der Waals surface area (Å²) in [5.74, 6) is -0.127. The van der Waals surface area contributed by atoms with E-state index in [4.69, 9.17) is 5.73 Å². The van der Waals surface area contributed by atoms with Crippen molar-refractivity contribution in [2.24, 2.45) is 11.7 Å². The smallest absolute Gasteiger partial charge is 0.254 e. The van der Waals surface area contributed by atoms with Crippen molar-refractivity contribution < 1.29 is 18.0 Å². The predicted octanol–water partition coefficient (Wildman–Crippen LogP) is -0.384. The number of nitrogens with two attached hydrogens (primary N) is 1. The number of hydrogen-bond acceptors (Lipinski definition) is 5. The molecule has 1 aromatic rings. The number of nitrogens with one attached hydrogen (secondary N) is 1. The van der Waals surface area contributed by atoms with Crippen LogP contribution in [0.15, 0.2) is 29.2 Å². The molecule has 0 aliphatic carbocycles. The first kappa shape index (κ1) is 18.8. The van der Waals surface area contributed by atoms with Gasteiger partial charge in [0.15, 0.2) is 0 Å². The number of nitrogens with zero attached hydrogens (tertiary/aromatic N) is 2. The molecular formula is C17H24N4O4S. The largest absolute Gasteiger partial charge is 0.354 e. The summed E-state index contributed by atoms with van der Waals surface area (Å²) >= 11 is 0. The Hall–Kier alpha value is -1.97. The van der Waals surface area contributed by atoms with Gasteiger partial charge in [0.1, 0.15) is 0 Å². The summed E-state index contributed by atoms with van der Waals surface area (Å²) in [6, 6.07) is 6.03. The summed E-state index contributed by atoms with van der Waals surface area (Å²) in [5, 5.41) is 2.60. The molecule has 2 aliphatic heterocycles. The van der Waals surface area contributed by atoms with Gasteiger partial charge in [0.2, 0.25) is 15.9 Å². The average molecular weight is 380 g/mol. The van der Waals surface area contributed by atoms with E-state index in [-0.39, 0.29) is 35.8 Å². The van der Waals surface area contributed by atoms with E-state index in [1.54, 1.807) is 4.90 Å². The van der Waals surface area contributed by atoms with Gasteiger partial charge in [-0.15, -0.1) is 0 Å². The molecule has 3 N–H and O–H groups in total. The Kier molecular flexibility index (Phi) is 5.31. The third kappa shape index (κ3) is 3.60. The number of carbonyl (C=O) groups excluding carboxylic acids is 2. The summed E-state index contributed by atoms with van der Waals surface area (Å²) in [5.41, 5.74) is 6.16. The van der Waals surface area contributed by atoms with Crippen molar-refractivity contribution in [1.82, 2.24) is 14.5 Å². The van der Waals surface area contributed by atoms with Crippen LogP contribution in [0.5, 0.6) is 0 Å². The molecule has 142 valence electrons. The lowest BCUT2D eigenvalue weighted by atomic mass is 10.1. The summed E-state index contributed by atoms with van der Waals surface area (Å²) in [4.78, 5) is 26.0. The molecule has 9 heteroatoms. The van der Waals surface area contributed by atoms with Crippen molar-refractivity contribution in [3.63, 3.8) is 0 Å². The van der Waals surface area contributed by atoms with Crippen LogP contribution in [0.1, 0.15) is 23.7 Å². The summed E-state index contributed by atoms with van der Waals surface area (Å²) in [6.45, 7) is 3.51. The van der Waals surface area contributed by atoms with Crippen LogP contribution in [0.3, 0.4) is 0 Å². The van der Waals surface area contributed by atoms with Crippen LogP contribution in [0.2, 0.25) is 0 Å². The van der Waals surface area contributed by atoms with E-state index in [0.717, 1.165) is 10.7 Å². The van der Waals surface area contributed by atoms with Crippen molar-refractivity contribution in [2.75, 3.05) is 32.7 Å². The lowest BCUT2D eigenvalue weighted by Crippen LogP contribution is -2.49. The molecule has 8 nitrogen and oxygen atoms in total. The van der Waals surface area contributed by atoms with E-state index >= 15 is 0 Å². The first-order valence-corrected chi connectivity index (χ1v) is 10.1. The van der Waals surface area contributed by atoms with Crippen molar-refractivity contribution in [2.45, 2.75) is 24.3 Å². The number of hydrogen-bond donors (Lipinski definition) is 2. The van der Waals surface area contributed by atoms with Crippen LogP contribution < -0.4 is 11.1 Å². The number of carbonyl (C=O) groups is 2. The molecule has 0 bridgehead atoms. The van der Waals surface area contributed by atoms with E-state index in [1.165, 1.54) is 24.3 Å². The molecule has 0 radical (unpaired) electrons. The molecule has 2 amide bonds. The first-order valence-electron chi connectivity index (χ1n) is 8.71. The number of likely N-dealkylation sites (tertiary alicyclic amines) is 1. The van der Waals surface area contributed by atoms with E-state index in [1.807, 2.05) is 6.92 Å². The van der Waals surface area contributed by atoms with Gasteiger partial charge in [0.25, 0.3) is 5.91 Å². The molecule has 1 aromatic carbocycles. The van der Waals surface area contributed by atoms with Gasteiger partial charge < -0.3 is 16.0 Å². The van der Waals surface area contributed by atoms with Gasteiger partial charge in [-0.25, -0.2) is 8.42 Å². The highest BCUT2D eigenvalue weighted by Crippen LogP contribution is 2.25. The van der Waals surface area contributed by atoms with Crippen molar-refractivity contribution in [3.05, 3.63) is 29.8 Å². The SMILES string of the molecule is CC1CC(CN)CN1C(=O)c1ccc(S(=O)(=O)N2CCNC(=O)C2)cc1. The summed E-state index contributed by atoms with van der Waals surface area (Å²) < 4.78 is 26.4. The van der Waals surface area contributed by atoms with Crippen LogP contribution in [0, 0.1) is 5.92 Å². The zero-order valence-corrected chi connectivity index (χ0v) is 15.5. The minimum atomic E-state index is -3.75. The Bertz CT molecular complexity index is 793. The zero-order chi connectivity index (χ0) is 18.9. The fraction of sp³-hybridized carbons (Fsp3) is 0.529. The van der Waals surface area contributed by atoms with Gasteiger partial charge in [-0.1, -0.05) is 0 Å². The standard InChI is InChI=1S/C17H24N4O4S/c1-12-8-13(9-18)10-21(12)17(23)14-2-4-15(5-3-14)26(24,25)20-7-6-19-16(22)11-20/h2-5,12-13H,6-11,18H2,1H3,(H,19,22). The molecule has 0 saturated carbocycles. The minimum Gasteiger partial charge on any atom is -0.354 e. The third-order valence-corrected chi connectivity index (χ3v) is 6.86. The van der Waals surface area contributed by atoms with Crippen LogP contribution in [0.4, 0.5) is 0 Å². The highest BCUT2D eigenvalue weighted by atomic mass is 32.2. The maximum atomic E-state index is 12.7. The molecule has 3 rings (SSSR count). The normalized spacial score (nSPS) is 24.5. The molecule has 2 heterocycles. The lowest BCUT2D eigenvalue weighted by Gasteiger charge is -2.26. The number of amides is 2. The second-order valence-corrected chi connectivity index (χ2v) is 8.79. The number of rotatable bonds is 4. The van der Waals surface area contributed by atoms with Crippen LogP contribution in [-0.2, 0) is 14.8 Å². The second kappa shape index (κ2) is 7.34. The van der Waals surface area contributed by atoms with E-state index in [9.17, 15) is 18.0 Å². The fourth-order valence-electron chi connectivity index (χ4n) is 3.50. The molecular weight excluding hydrogens is 356 g/mol. The van der Waals surface area contributed by atoms with Crippen molar-refractivity contribution in [1.29, 1.82) is 0 Å². The Morgan fingerprint density at radius 1 is 1.31 bits per heavy atom. The van der Waals surface area contributed by atoms with E-state index < -0.39 is 10.0 Å². The fourth-order valence-corrected chi connectivity index (χ4v) is 4.90. The predicted molar refractivity (Wildman–Crippen MR) is 95.9 cm³/mol. The van der Waals surface area contributed by atoms with Gasteiger partial charge >= 0.3 is 0 Å². The third-order valence-electron chi connectivity index (χ3n) is 5.00. The van der Waals surface area contributed by atoms with Gasteiger partial charge in [-0.3, -0.25) is 9.59 Å². The maximum Gasteiger partial charge on any atom is 0.254 e. The van der Waals surface area contributed by atoms with Gasteiger partial charge in [0, 0.05) is 31.2 Å². The molecule has 2 unspecified atom stereocenters. The quantitative estimate of drug-likeness (QED) is 0.739. The highest BCUT2D eigenvalue weighted by Gasteiger charge is 2.33. The van der Waals surface area contributed by atoms with Crippen LogP contribution >= 0.6 is 0 Å². The second-order valence-electron chi connectivity index (χ2n) is 6.86. The Labute approximate surface area is 153 Å². The molecule has 0 spiro atoms. The maximum absolute atomic E-state index is 12.7. The topological polar surface area (TPSA) is 113 Å². The highest BCUT2D eigenvalue weighted by molar-refractivity contribution is 7.89. The number of piperazine rings is 1. The van der Waals surface area contributed by atoms with Gasteiger partial charge in [0.05, 0.1) is 11.4 Å². The Morgan fingerprint density at radius 3 is 2.58 bits per heavy atom. The Balaban J connectivity index is 1.76. The van der Waals surface area contributed by atoms with Crippen LogP contribution in [-0.4, -0.2) is 68.2 Å². The molecule has 2 aliphatic rings. The molecule has 2 atom stereocenters. The van der Waals surface area contributed by atoms with Gasteiger partial charge in [-0.05, 0) is 50.1 Å². The van der Waals surface area contributed by atoms with Crippen LogP contribution in [0.25, 0.3) is 0 Å². The Morgan fingerprint density at radius 2 is 2.00 bits per heavy atom. The minimum absolute atomic E-state index is 0.0815. The molecule has 26 heavy (non-hydrogen) atoms. The number of benzene rings is 1. The number of sulfonamides is 1. The molecule has 2 fully saturated rings. The lowest BCUT2D eigenvalue weighted by molar-refractivity contribution is -0.122.